The number of carbonyl (C=O) groups excluding carboxylic acids is 2. The van der Waals surface area contributed by atoms with Gasteiger partial charge in [-0.3, -0.25) is 9.59 Å². The standard InChI is InChI=1S/C22H23FN2O3/c1-2-24(15-17-6-5-8-19(23)14-17)21(26)16-28-22(27)11-13-25-12-10-18-7-3-4-9-20(18)25/h3-10,12,14H,2,11,13,15-16H2,1H3. The van der Waals surface area contributed by atoms with Crippen LogP contribution in [-0.2, 0) is 27.4 Å². The summed E-state index contributed by atoms with van der Waals surface area (Å²) in [5.74, 6) is -1.07. The molecule has 0 unspecified atom stereocenters. The SMILES string of the molecule is CCN(Cc1cccc(F)c1)C(=O)COC(=O)CCn1ccc2ccccc21. The van der Waals surface area contributed by atoms with Crippen molar-refractivity contribution in [2.24, 2.45) is 0 Å². The van der Waals surface area contributed by atoms with Gasteiger partial charge in [0.25, 0.3) is 5.91 Å². The Morgan fingerprint density at radius 1 is 1.11 bits per heavy atom. The van der Waals surface area contributed by atoms with Gasteiger partial charge in [0.1, 0.15) is 5.82 Å². The number of amides is 1. The van der Waals surface area contributed by atoms with Gasteiger partial charge in [0, 0.05) is 31.3 Å². The molecule has 0 spiro atoms. The molecule has 6 heteroatoms. The smallest absolute Gasteiger partial charge is 0.308 e. The summed E-state index contributed by atoms with van der Waals surface area (Å²) in [7, 11) is 0. The Morgan fingerprint density at radius 3 is 2.71 bits per heavy atom. The number of rotatable bonds is 8. The number of halogens is 1. The zero-order valence-corrected chi connectivity index (χ0v) is 15.8. The molecule has 3 aromatic rings. The quantitative estimate of drug-likeness (QED) is 0.558. The minimum absolute atomic E-state index is 0.183. The summed E-state index contributed by atoms with van der Waals surface area (Å²) in [6.45, 7) is 2.73. The van der Waals surface area contributed by atoms with Crippen LogP contribution < -0.4 is 0 Å². The summed E-state index contributed by atoms with van der Waals surface area (Å²) in [6.07, 6.45) is 2.11. The molecule has 1 amide bonds. The summed E-state index contributed by atoms with van der Waals surface area (Å²) in [5, 5.41) is 1.11. The normalized spacial score (nSPS) is 10.8. The van der Waals surface area contributed by atoms with E-state index in [1.54, 1.807) is 12.1 Å². The van der Waals surface area contributed by atoms with Crippen LogP contribution in [0.4, 0.5) is 4.39 Å². The van der Waals surface area contributed by atoms with E-state index in [2.05, 4.69) is 0 Å². The maximum Gasteiger partial charge on any atom is 0.308 e. The van der Waals surface area contributed by atoms with E-state index in [4.69, 9.17) is 4.74 Å². The van der Waals surface area contributed by atoms with Gasteiger partial charge in [0.2, 0.25) is 0 Å². The lowest BCUT2D eigenvalue weighted by atomic mass is 10.2. The number of ether oxygens (including phenoxy) is 1. The highest BCUT2D eigenvalue weighted by Gasteiger charge is 2.15. The van der Waals surface area contributed by atoms with Crippen LogP contribution in [-0.4, -0.2) is 34.5 Å². The third kappa shape index (κ3) is 4.97. The first kappa shape index (κ1) is 19.6. The molecule has 1 aromatic heterocycles. The Balaban J connectivity index is 1.48. The summed E-state index contributed by atoms with van der Waals surface area (Å²) in [4.78, 5) is 25.9. The molecule has 0 saturated heterocycles. The number of aromatic nitrogens is 1. The lowest BCUT2D eigenvalue weighted by Crippen LogP contribution is -2.34. The maximum absolute atomic E-state index is 13.3. The van der Waals surface area contributed by atoms with Crippen molar-refractivity contribution < 1.29 is 18.7 Å². The lowest BCUT2D eigenvalue weighted by molar-refractivity contribution is -0.152. The molecule has 0 bridgehead atoms. The van der Waals surface area contributed by atoms with E-state index in [9.17, 15) is 14.0 Å². The number of benzene rings is 2. The topological polar surface area (TPSA) is 51.5 Å². The van der Waals surface area contributed by atoms with Crippen molar-refractivity contribution in [1.29, 1.82) is 0 Å². The molecule has 0 atom stereocenters. The van der Waals surface area contributed by atoms with Gasteiger partial charge in [-0.1, -0.05) is 30.3 Å². The minimum atomic E-state index is -0.423. The number of hydrogen-bond acceptors (Lipinski definition) is 3. The third-order valence-corrected chi connectivity index (χ3v) is 4.59. The summed E-state index contributed by atoms with van der Waals surface area (Å²) >= 11 is 0. The average Bonchev–Trinajstić information content (AvgIpc) is 3.12. The van der Waals surface area contributed by atoms with Crippen LogP contribution in [0.3, 0.4) is 0 Å². The molecule has 0 aliphatic rings. The third-order valence-electron chi connectivity index (χ3n) is 4.59. The zero-order valence-electron chi connectivity index (χ0n) is 15.8. The van der Waals surface area contributed by atoms with Gasteiger partial charge in [-0.2, -0.15) is 0 Å². The van der Waals surface area contributed by atoms with E-state index < -0.39 is 5.97 Å². The number of hydrogen-bond donors (Lipinski definition) is 0. The molecule has 2 aromatic carbocycles. The van der Waals surface area contributed by atoms with E-state index >= 15 is 0 Å². The predicted octanol–water partition coefficient (Wildman–Crippen LogP) is 3.76. The van der Waals surface area contributed by atoms with E-state index in [-0.39, 0.29) is 31.3 Å². The van der Waals surface area contributed by atoms with Crippen LogP contribution in [0.5, 0.6) is 0 Å². The van der Waals surface area contributed by atoms with E-state index in [1.165, 1.54) is 17.0 Å². The fourth-order valence-corrected chi connectivity index (χ4v) is 3.09. The van der Waals surface area contributed by atoms with Crippen molar-refractivity contribution in [2.75, 3.05) is 13.2 Å². The monoisotopic (exact) mass is 382 g/mol. The fourth-order valence-electron chi connectivity index (χ4n) is 3.09. The molecule has 3 rings (SSSR count). The number of aryl methyl sites for hydroxylation is 1. The highest BCUT2D eigenvalue weighted by atomic mass is 19.1. The van der Waals surface area contributed by atoms with Gasteiger partial charge >= 0.3 is 5.97 Å². The molecular formula is C22H23FN2O3. The predicted molar refractivity (Wildman–Crippen MR) is 105 cm³/mol. The fraction of sp³-hybridized carbons (Fsp3) is 0.273. The summed E-state index contributed by atoms with van der Waals surface area (Å²) in [6, 6.07) is 16.0. The Kier molecular flexibility index (Phi) is 6.42. The molecule has 146 valence electrons. The largest absolute Gasteiger partial charge is 0.456 e. The number of fused-ring (bicyclic) bond motifs is 1. The van der Waals surface area contributed by atoms with E-state index in [0.29, 0.717) is 18.7 Å². The van der Waals surface area contributed by atoms with Crippen molar-refractivity contribution in [3.05, 3.63) is 72.2 Å². The second-order valence-corrected chi connectivity index (χ2v) is 6.52. The van der Waals surface area contributed by atoms with Crippen LogP contribution in [0.15, 0.2) is 60.8 Å². The van der Waals surface area contributed by atoms with Crippen molar-refractivity contribution in [3.63, 3.8) is 0 Å². The Morgan fingerprint density at radius 2 is 1.93 bits per heavy atom. The minimum Gasteiger partial charge on any atom is -0.456 e. The highest BCUT2D eigenvalue weighted by molar-refractivity contribution is 5.81. The van der Waals surface area contributed by atoms with Crippen LogP contribution in [0.25, 0.3) is 10.9 Å². The van der Waals surface area contributed by atoms with Crippen LogP contribution in [0, 0.1) is 5.82 Å². The van der Waals surface area contributed by atoms with Gasteiger partial charge in [-0.05, 0) is 42.1 Å². The number of nitrogens with zero attached hydrogens (tertiary/aromatic N) is 2. The summed E-state index contributed by atoms with van der Waals surface area (Å²) in [5.41, 5.74) is 1.75. The molecule has 0 fully saturated rings. The Labute approximate surface area is 163 Å². The zero-order chi connectivity index (χ0) is 19.9. The van der Waals surface area contributed by atoms with Gasteiger partial charge in [0.05, 0.1) is 6.42 Å². The first-order valence-corrected chi connectivity index (χ1v) is 9.28. The van der Waals surface area contributed by atoms with Gasteiger partial charge in [-0.15, -0.1) is 0 Å². The molecule has 28 heavy (non-hydrogen) atoms. The molecule has 0 saturated carbocycles. The van der Waals surface area contributed by atoms with Gasteiger partial charge in [-0.25, -0.2) is 4.39 Å². The highest BCUT2D eigenvalue weighted by Crippen LogP contribution is 2.15. The van der Waals surface area contributed by atoms with Crippen molar-refractivity contribution >= 4 is 22.8 Å². The first-order valence-electron chi connectivity index (χ1n) is 9.28. The molecule has 0 aliphatic heterocycles. The Bertz CT molecular complexity index is 967. The second kappa shape index (κ2) is 9.17. The van der Waals surface area contributed by atoms with Crippen molar-refractivity contribution in [2.45, 2.75) is 26.4 Å². The van der Waals surface area contributed by atoms with Gasteiger partial charge in [0.15, 0.2) is 6.61 Å². The Hall–Kier alpha value is -3.15. The first-order chi connectivity index (χ1) is 13.6. The number of esters is 1. The average molecular weight is 382 g/mol. The molecule has 0 radical (unpaired) electrons. The summed E-state index contributed by atoms with van der Waals surface area (Å²) < 4.78 is 20.4. The van der Waals surface area contributed by atoms with Crippen LogP contribution >= 0.6 is 0 Å². The van der Waals surface area contributed by atoms with Gasteiger partial charge < -0.3 is 14.2 Å². The van der Waals surface area contributed by atoms with Crippen LogP contribution in [0.1, 0.15) is 18.9 Å². The molecule has 0 aliphatic carbocycles. The molecular weight excluding hydrogens is 359 g/mol. The van der Waals surface area contributed by atoms with E-state index in [1.807, 2.05) is 48.0 Å². The molecule has 1 heterocycles. The molecule has 5 nitrogen and oxygen atoms in total. The number of carbonyl (C=O) groups is 2. The van der Waals surface area contributed by atoms with Crippen LogP contribution in [0.2, 0.25) is 0 Å². The number of likely N-dealkylation sites (N-methyl/N-ethyl adjacent to an activating group) is 1. The number of para-hydroxylation sites is 1. The second-order valence-electron chi connectivity index (χ2n) is 6.52. The van der Waals surface area contributed by atoms with Crippen molar-refractivity contribution in [3.8, 4) is 0 Å². The lowest BCUT2D eigenvalue weighted by Gasteiger charge is -2.21. The van der Waals surface area contributed by atoms with Crippen molar-refractivity contribution in [1.82, 2.24) is 9.47 Å². The maximum atomic E-state index is 13.3. The molecule has 0 N–H and O–H groups in total. The van der Waals surface area contributed by atoms with E-state index in [0.717, 1.165) is 10.9 Å².